The molecule has 7 nitrogen and oxygen atoms in total. The Balaban J connectivity index is 2.99. The molecule has 0 bridgehead atoms. The minimum atomic E-state index is -1.35. The van der Waals surface area contributed by atoms with Crippen molar-refractivity contribution >= 4 is 11.9 Å². The average molecular weight is 274 g/mol. The van der Waals surface area contributed by atoms with Crippen LogP contribution in [0.25, 0.3) is 0 Å². The van der Waals surface area contributed by atoms with Crippen LogP contribution in [0.15, 0.2) is 11.8 Å². The monoisotopic (exact) mass is 274 g/mol. The first kappa shape index (κ1) is 15.5. The van der Waals surface area contributed by atoms with Crippen LogP contribution < -0.4 is 0 Å². The zero-order valence-corrected chi connectivity index (χ0v) is 11.6. The average Bonchev–Trinajstić information content (AvgIpc) is 2.60. The first-order chi connectivity index (χ1) is 8.74. The number of carbonyl (C=O) groups is 2. The lowest BCUT2D eigenvalue weighted by atomic mass is 10.1. The first-order valence-corrected chi connectivity index (χ1v) is 5.62. The van der Waals surface area contributed by atoms with Crippen LogP contribution in [0.5, 0.6) is 0 Å². The number of ether oxygens (including phenoxy) is 5. The largest absolute Gasteiger partial charge is 0.466 e. The van der Waals surface area contributed by atoms with E-state index in [9.17, 15) is 9.59 Å². The van der Waals surface area contributed by atoms with Crippen molar-refractivity contribution in [3.05, 3.63) is 11.8 Å². The minimum absolute atomic E-state index is 0.107. The second-order valence-electron chi connectivity index (χ2n) is 4.31. The predicted octanol–water partition coefficient (Wildman–Crippen LogP) is 0.732. The molecule has 1 rings (SSSR count). The van der Waals surface area contributed by atoms with Crippen molar-refractivity contribution in [2.75, 3.05) is 20.8 Å². The molecule has 0 saturated carbocycles. The number of hydrogen-bond acceptors (Lipinski definition) is 7. The maximum Gasteiger partial charge on any atom is 0.333 e. The Bertz CT molecular complexity index is 403. The maximum absolute atomic E-state index is 11.3. The van der Waals surface area contributed by atoms with Crippen LogP contribution in [0, 0.1) is 0 Å². The molecule has 0 radical (unpaired) electrons. The summed E-state index contributed by atoms with van der Waals surface area (Å²) < 4.78 is 25.6. The number of rotatable bonds is 4. The van der Waals surface area contributed by atoms with Gasteiger partial charge < -0.3 is 18.9 Å². The molecular formula is C12H18O7. The van der Waals surface area contributed by atoms with Crippen LogP contribution >= 0.6 is 0 Å². The summed E-state index contributed by atoms with van der Waals surface area (Å²) in [7, 11) is 2.64. The number of methoxy groups -OCH3 is 2. The van der Waals surface area contributed by atoms with Crippen LogP contribution in [0.3, 0.4) is 0 Å². The van der Waals surface area contributed by atoms with E-state index in [0.717, 1.165) is 6.08 Å². The fourth-order valence-corrected chi connectivity index (χ4v) is 1.56. The van der Waals surface area contributed by atoms with E-state index in [0.29, 0.717) is 0 Å². The van der Waals surface area contributed by atoms with Crippen molar-refractivity contribution in [2.45, 2.75) is 32.3 Å². The fourth-order valence-electron chi connectivity index (χ4n) is 1.56. The van der Waals surface area contributed by atoms with Crippen molar-refractivity contribution in [1.82, 2.24) is 0 Å². The number of carbonyl (C=O) groups excluding carboxylic acids is 2. The molecule has 0 aromatic rings. The summed E-state index contributed by atoms with van der Waals surface area (Å²) in [5.74, 6) is -2.25. The highest BCUT2D eigenvalue weighted by atomic mass is 16.9. The van der Waals surface area contributed by atoms with E-state index >= 15 is 0 Å². The standard InChI is InChI=1S/C12H18O7/c1-8(13)17-7-11(2)9(6-10(14)15-4)18-12(3,16-5)19-11/h6H,7H2,1-5H3/b9-6+/t11-,12?/m1/s1. The smallest absolute Gasteiger partial charge is 0.333 e. The zero-order valence-electron chi connectivity index (χ0n) is 11.6. The Hall–Kier alpha value is -1.60. The summed E-state index contributed by atoms with van der Waals surface area (Å²) in [5.41, 5.74) is -1.12. The highest BCUT2D eigenvalue weighted by Gasteiger charge is 2.51. The van der Waals surface area contributed by atoms with Crippen molar-refractivity contribution < 1.29 is 33.3 Å². The Labute approximate surface area is 111 Å². The SMILES string of the molecule is COC(=O)/C=C1/OC(C)(OC)O[C@]1(C)COC(C)=O. The van der Waals surface area contributed by atoms with Gasteiger partial charge in [-0.15, -0.1) is 0 Å². The van der Waals surface area contributed by atoms with Gasteiger partial charge in [0, 0.05) is 21.0 Å². The second kappa shape index (κ2) is 5.58. The second-order valence-corrected chi connectivity index (χ2v) is 4.31. The first-order valence-electron chi connectivity index (χ1n) is 5.62. The molecule has 1 heterocycles. The van der Waals surface area contributed by atoms with Crippen molar-refractivity contribution in [1.29, 1.82) is 0 Å². The van der Waals surface area contributed by atoms with E-state index in [1.807, 2.05) is 0 Å². The van der Waals surface area contributed by atoms with E-state index < -0.39 is 23.5 Å². The molecule has 108 valence electrons. The molecule has 0 spiro atoms. The normalized spacial score (nSPS) is 31.9. The Morgan fingerprint density at radius 3 is 2.42 bits per heavy atom. The minimum Gasteiger partial charge on any atom is -0.466 e. The van der Waals surface area contributed by atoms with Gasteiger partial charge in [-0.05, 0) is 6.92 Å². The van der Waals surface area contributed by atoms with Gasteiger partial charge in [-0.1, -0.05) is 0 Å². The molecule has 1 aliphatic heterocycles. The van der Waals surface area contributed by atoms with Crippen LogP contribution in [-0.2, 0) is 33.3 Å². The zero-order chi connectivity index (χ0) is 14.7. The van der Waals surface area contributed by atoms with Crippen molar-refractivity contribution in [3.63, 3.8) is 0 Å². The van der Waals surface area contributed by atoms with Gasteiger partial charge in [0.15, 0.2) is 5.60 Å². The molecule has 7 heteroatoms. The molecule has 0 amide bonds. The lowest BCUT2D eigenvalue weighted by molar-refractivity contribution is -0.321. The molecule has 1 unspecified atom stereocenters. The Morgan fingerprint density at radius 2 is 1.95 bits per heavy atom. The molecule has 19 heavy (non-hydrogen) atoms. The molecule has 2 atom stereocenters. The third kappa shape index (κ3) is 3.68. The van der Waals surface area contributed by atoms with Gasteiger partial charge in [0.05, 0.1) is 13.2 Å². The van der Waals surface area contributed by atoms with Crippen LogP contribution in [-0.4, -0.2) is 44.3 Å². The summed E-state index contributed by atoms with van der Waals surface area (Å²) in [5, 5.41) is 0. The summed E-state index contributed by atoms with van der Waals surface area (Å²) >= 11 is 0. The number of hydrogen-bond donors (Lipinski definition) is 0. The van der Waals surface area contributed by atoms with Gasteiger partial charge in [-0.25, -0.2) is 4.79 Å². The Kier molecular flexibility index (Phi) is 4.54. The quantitative estimate of drug-likeness (QED) is 0.552. The summed E-state index contributed by atoms with van der Waals surface area (Å²) in [6.07, 6.45) is 1.13. The molecule has 1 saturated heterocycles. The summed E-state index contributed by atoms with van der Waals surface area (Å²) in [6, 6.07) is 0. The van der Waals surface area contributed by atoms with Crippen LogP contribution in [0.1, 0.15) is 20.8 Å². The highest BCUT2D eigenvalue weighted by Crippen LogP contribution is 2.40. The third-order valence-corrected chi connectivity index (χ3v) is 2.60. The van der Waals surface area contributed by atoms with E-state index in [-0.39, 0.29) is 12.4 Å². The van der Waals surface area contributed by atoms with Gasteiger partial charge >= 0.3 is 17.9 Å². The van der Waals surface area contributed by atoms with Crippen molar-refractivity contribution in [2.24, 2.45) is 0 Å². The summed E-state index contributed by atoms with van der Waals surface area (Å²) in [6.45, 7) is 4.33. The molecule has 0 aliphatic carbocycles. The predicted molar refractivity (Wildman–Crippen MR) is 62.7 cm³/mol. The van der Waals surface area contributed by atoms with E-state index in [1.165, 1.54) is 28.1 Å². The number of esters is 2. The third-order valence-electron chi connectivity index (χ3n) is 2.60. The molecule has 0 N–H and O–H groups in total. The highest BCUT2D eigenvalue weighted by molar-refractivity contribution is 5.82. The van der Waals surface area contributed by atoms with Crippen LogP contribution in [0.2, 0.25) is 0 Å². The van der Waals surface area contributed by atoms with Gasteiger partial charge in [0.2, 0.25) is 0 Å². The van der Waals surface area contributed by atoms with E-state index in [1.54, 1.807) is 6.92 Å². The molecule has 1 fully saturated rings. The topological polar surface area (TPSA) is 80.3 Å². The fraction of sp³-hybridized carbons (Fsp3) is 0.667. The maximum atomic E-state index is 11.3. The van der Waals surface area contributed by atoms with Gasteiger partial charge in [0.25, 0.3) is 0 Å². The lowest BCUT2D eigenvalue weighted by Crippen LogP contribution is -2.37. The molecular weight excluding hydrogens is 256 g/mol. The van der Waals surface area contributed by atoms with Crippen molar-refractivity contribution in [3.8, 4) is 0 Å². The van der Waals surface area contributed by atoms with Crippen LogP contribution in [0.4, 0.5) is 0 Å². The summed E-state index contributed by atoms with van der Waals surface area (Å²) in [4.78, 5) is 22.2. The van der Waals surface area contributed by atoms with Gasteiger partial charge in [0.1, 0.15) is 12.4 Å². The van der Waals surface area contributed by atoms with E-state index in [4.69, 9.17) is 18.9 Å². The lowest BCUT2D eigenvalue weighted by Gasteiger charge is -2.24. The van der Waals surface area contributed by atoms with E-state index in [2.05, 4.69) is 4.74 Å². The molecule has 1 aliphatic rings. The van der Waals surface area contributed by atoms with Gasteiger partial charge in [-0.3, -0.25) is 9.53 Å². The molecule has 0 aromatic carbocycles. The Morgan fingerprint density at radius 1 is 1.32 bits per heavy atom. The van der Waals surface area contributed by atoms with Gasteiger partial charge in [-0.2, -0.15) is 0 Å². The molecule has 0 aromatic heterocycles.